The molecule has 0 radical (unpaired) electrons. The molecule has 1 aromatic carbocycles. The molecule has 0 fully saturated rings. The number of hydrogen-bond donors (Lipinski definition) is 1. The number of carbonyl (C=O) groups is 1. The molecule has 3 aromatic rings. The summed E-state index contributed by atoms with van der Waals surface area (Å²) in [7, 11) is 1.29. The van der Waals surface area contributed by atoms with Crippen LogP contribution in [0.1, 0.15) is 47.9 Å². The first-order valence-corrected chi connectivity index (χ1v) is 11.1. The second kappa shape index (κ2) is 7.99. The first kappa shape index (κ1) is 21.9. The number of thiophene rings is 1. The van der Waals surface area contributed by atoms with Crippen LogP contribution in [0.25, 0.3) is 10.6 Å². The van der Waals surface area contributed by atoms with Gasteiger partial charge in [-0.05, 0) is 62.2 Å². The molecule has 10 heteroatoms. The maximum absolute atomic E-state index is 13.0. The van der Waals surface area contributed by atoms with Crippen LogP contribution in [0.4, 0.5) is 13.2 Å². The predicted molar refractivity (Wildman–Crippen MR) is 114 cm³/mol. The van der Waals surface area contributed by atoms with Crippen molar-refractivity contribution in [2.75, 3.05) is 0 Å². The fourth-order valence-electron chi connectivity index (χ4n) is 3.55. The lowest BCUT2D eigenvalue weighted by atomic mass is 9.89. The van der Waals surface area contributed by atoms with Crippen molar-refractivity contribution < 1.29 is 22.7 Å². The maximum atomic E-state index is 13.0. The number of aryl methyl sites for hydroxylation is 1. The van der Waals surface area contributed by atoms with Gasteiger partial charge in [0.2, 0.25) is 0 Å². The van der Waals surface area contributed by atoms with Gasteiger partial charge < -0.3 is 4.74 Å². The molecule has 5 nitrogen and oxygen atoms in total. The lowest BCUT2D eigenvalue weighted by molar-refractivity contribution is -0.143. The smallest absolute Gasteiger partial charge is 0.433 e. The van der Waals surface area contributed by atoms with Gasteiger partial charge in [0, 0.05) is 30.6 Å². The highest BCUT2D eigenvalue weighted by atomic mass is 32.2. The van der Waals surface area contributed by atoms with Crippen LogP contribution >= 0.6 is 23.3 Å². The predicted octanol–water partition coefficient (Wildman–Crippen LogP) is 5.88. The Morgan fingerprint density at radius 3 is 2.74 bits per heavy atom. The summed E-state index contributed by atoms with van der Waals surface area (Å²) in [6, 6.07) is 9.98. The van der Waals surface area contributed by atoms with E-state index in [-0.39, 0.29) is 11.6 Å². The number of halogens is 3. The Morgan fingerprint density at radius 2 is 2.06 bits per heavy atom. The molecule has 3 heterocycles. The largest absolute Gasteiger partial charge is 0.487 e. The minimum Gasteiger partial charge on any atom is -0.487 e. The van der Waals surface area contributed by atoms with Crippen molar-refractivity contribution in [1.29, 1.82) is 0 Å². The molecule has 31 heavy (non-hydrogen) atoms. The number of aldehydes is 1. The zero-order chi connectivity index (χ0) is 22.4. The third-order valence-corrected chi connectivity index (χ3v) is 7.08. The molecular formula is C21H20F3N3O2S2. The van der Waals surface area contributed by atoms with E-state index in [9.17, 15) is 18.0 Å². The van der Waals surface area contributed by atoms with Gasteiger partial charge in [-0.2, -0.15) is 18.3 Å². The molecule has 0 amide bonds. The number of benzene rings is 1. The van der Waals surface area contributed by atoms with E-state index in [1.54, 1.807) is 12.1 Å². The number of nitrogens with one attached hydrogen (secondary N) is 1. The van der Waals surface area contributed by atoms with Crippen LogP contribution in [0.5, 0.6) is 5.75 Å². The fraction of sp³-hybridized carbons (Fsp3) is 0.333. The lowest BCUT2D eigenvalue weighted by Gasteiger charge is -2.37. The molecule has 1 aliphatic rings. The Labute approximate surface area is 185 Å². The van der Waals surface area contributed by atoms with Gasteiger partial charge in [-0.1, -0.05) is 0 Å². The zero-order valence-corrected chi connectivity index (χ0v) is 18.6. The van der Waals surface area contributed by atoms with E-state index in [1.165, 1.54) is 30.3 Å². The molecule has 1 N–H and O–H groups in total. The van der Waals surface area contributed by atoms with Crippen molar-refractivity contribution in [3.63, 3.8) is 0 Å². The van der Waals surface area contributed by atoms with Crippen molar-refractivity contribution in [3.8, 4) is 16.3 Å². The van der Waals surface area contributed by atoms with Crippen molar-refractivity contribution in [1.82, 2.24) is 14.5 Å². The van der Waals surface area contributed by atoms with Crippen molar-refractivity contribution in [2.24, 2.45) is 7.05 Å². The number of hydrogen-bond acceptors (Lipinski definition) is 6. The van der Waals surface area contributed by atoms with E-state index in [2.05, 4.69) is 9.82 Å². The second-order valence-corrected chi connectivity index (χ2v) is 10.1. The highest BCUT2D eigenvalue weighted by Crippen LogP contribution is 2.42. The van der Waals surface area contributed by atoms with Gasteiger partial charge in [0.1, 0.15) is 29.0 Å². The molecule has 4 rings (SSSR count). The van der Waals surface area contributed by atoms with Crippen LogP contribution in [-0.2, 0) is 13.2 Å². The third kappa shape index (κ3) is 4.65. The zero-order valence-electron chi connectivity index (χ0n) is 17.0. The summed E-state index contributed by atoms with van der Waals surface area (Å²) in [5.74, 6) is 0.736. The molecule has 0 bridgehead atoms. The Hall–Kier alpha value is -2.30. The normalized spacial score (nSPS) is 17.8. The van der Waals surface area contributed by atoms with Gasteiger partial charge in [-0.15, -0.1) is 11.3 Å². The van der Waals surface area contributed by atoms with Gasteiger partial charge >= 0.3 is 6.18 Å². The highest BCUT2D eigenvalue weighted by Gasteiger charge is 2.36. The molecule has 1 aliphatic heterocycles. The standard InChI is InChI=1S/C21H20F3N3O2S2/c1-20(2)10-15(13-8-12(11-28)4-5-16(13)29-20)26-31-19-7-6-17(30-19)14-9-18(21(22,23)24)27(3)25-14/h4-9,11,15,26H,10H2,1-3H3. The molecule has 0 saturated carbocycles. The number of ether oxygens (including phenoxy) is 1. The quantitative estimate of drug-likeness (QED) is 0.375. The van der Waals surface area contributed by atoms with Crippen LogP contribution in [0.2, 0.25) is 0 Å². The Balaban J connectivity index is 1.52. The third-order valence-electron chi connectivity index (χ3n) is 4.93. The molecule has 164 valence electrons. The number of fused-ring (bicyclic) bond motifs is 1. The van der Waals surface area contributed by atoms with E-state index in [4.69, 9.17) is 4.74 Å². The summed E-state index contributed by atoms with van der Waals surface area (Å²) in [5.41, 5.74) is 0.618. The van der Waals surface area contributed by atoms with Crippen LogP contribution in [0.3, 0.4) is 0 Å². The average Bonchev–Trinajstić information content (AvgIpc) is 3.31. The van der Waals surface area contributed by atoms with Gasteiger partial charge in [0.05, 0.1) is 9.09 Å². The van der Waals surface area contributed by atoms with Crippen molar-refractivity contribution >= 4 is 29.6 Å². The van der Waals surface area contributed by atoms with E-state index >= 15 is 0 Å². The van der Waals surface area contributed by atoms with Crippen LogP contribution in [0, 0.1) is 0 Å². The Kier molecular flexibility index (Phi) is 5.65. The summed E-state index contributed by atoms with van der Waals surface area (Å²) >= 11 is 2.77. The lowest BCUT2D eigenvalue weighted by Crippen LogP contribution is -2.38. The van der Waals surface area contributed by atoms with Crippen LogP contribution < -0.4 is 9.46 Å². The van der Waals surface area contributed by atoms with Crippen molar-refractivity contribution in [2.45, 2.75) is 42.3 Å². The van der Waals surface area contributed by atoms with Gasteiger partial charge in [-0.3, -0.25) is 14.2 Å². The van der Waals surface area contributed by atoms with Crippen molar-refractivity contribution in [3.05, 3.63) is 53.2 Å². The van der Waals surface area contributed by atoms with Gasteiger partial charge in [-0.25, -0.2) is 0 Å². The highest BCUT2D eigenvalue weighted by molar-refractivity contribution is 7.99. The number of rotatable bonds is 5. The molecule has 2 aromatic heterocycles. The summed E-state index contributed by atoms with van der Waals surface area (Å²) in [5, 5.41) is 4.01. The first-order valence-electron chi connectivity index (χ1n) is 9.48. The average molecular weight is 468 g/mol. The SMILES string of the molecule is Cn1nc(-c2ccc(SNC3CC(C)(C)Oc4ccc(C=O)cc43)s2)cc1C(F)(F)F. The first-order chi connectivity index (χ1) is 14.6. The van der Waals surface area contributed by atoms with Crippen LogP contribution in [-0.4, -0.2) is 21.7 Å². The minimum atomic E-state index is -4.44. The Morgan fingerprint density at radius 1 is 1.29 bits per heavy atom. The molecular weight excluding hydrogens is 447 g/mol. The monoisotopic (exact) mass is 467 g/mol. The number of aromatic nitrogens is 2. The van der Waals surface area contributed by atoms with Gasteiger partial charge in [0.25, 0.3) is 0 Å². The molecule has 0 saturated heterocycles. The second-order valence-electron chi connectivity index (χ2n) is 7.91. The minimum absolute atomic E-state index is 0.0547. The molecule has 1 unspecified atom stereocenters. The summed E-state index contributed by atoms with van der Waals surface area (Å²) in [6.07, 6.45) is -2.94. The number of nitrogens with zero attached hydrogens (tertiary/aromatic N) is 2. The van der Waals surface area contributed by atoms with E-state index in [0.29, 0.717) is 22.6 Å². The maximum Gasteiger partial charge on any atom is 0.433 e. The molecule has 0 aliphatic carbocycles. The van der Waals surface area contributed by atoms with Gasteiger partial charge in [0.15, 0.2) is 0 Å². The molecule has 1 atom stereocenters. The van der Waals surface area contributed by atoms with Crippen LogP contribution in [0.15, 0.2) is 40.6 Å². The summed E-state index contributed by atoms with van der Waals surface area (Å²) < 4.78 is 50.4. The van der Waals surface area contributed by atoms with E-state index in [0.717, 1.165) is 32.6 Å². The van der Waals surface area contributed by atoms with E-state index in [1.807, 2.05) is 32.0 Å². The molecule has 0 spiro atoms. The number of alkyl halides is 3. The fourth-order valence-corrected chi connectivity index (χ4v) is 5.42. The Bertz CT molecular complexity index is 1120. The summed E-state index contributed by atoms with van der Waals surface area (Å²) in [4.78, 5) is 11.8. The topological polar surface area (TPSA) is 56.1 Å². The van der Waals surface area contributed by atoms with E-state index < -0.39 is 11.9 Å². The summed E-state index contributed by atoms with van der Waals surface area (Å²) in [6.45, 7) is 4.01. The number of carbonyl (C=O) groups excluding carboxylic acids is 1.